The van der Waals surface area contributed by atoms with E-state index >= 15 is 0 Å². The molecule has 6 nitrogen and oxygen atoms in total. The molecule has 0 aliphatic carbocycles. The molecule has 0 aromatic heterocycles. The molecule has 1 fully saturated rings. The number of ketones is 1. The third kappa shape index (κ3) is 3.33. The Balaban J connectivity index is 2.15. The summed E-state index contributed by atoms with van der Waals surface area (Å²) in [6, 6.07) is 4.36. The summed E-state index contributed by atoms with van der Waals surface area (Å²) < 4.78 is 5.83. The lowest BCUT2D eigenvalue weighted by atomic mass is 10.1. The molecular formula is C14H18N2O4. The fourth-order valence-electron chi connectivity index (χ4n) is 2.32. The van der Waals surface area contributed by atoms with Gasteiger partial charge in [-0.05, 0) is 38.9 Å². The number of piperidine rings is 1. The molecular weight excluding hydrogens is 260 g/mol. The molecule has 2 rings (SSSR count). The summed E-state index contributed by atoms with van der Waals surface area (Å²) >= 11 is 0. The second-order valence-corrected chi connectivity index (χ2v) is 5.11. The number of likely N-dealkylation sites (tertiary alicyclic amines) is 1. The third-order valence-corrected chi connectivity index (χ3v) is 3.51. The van der Waals surface area contributed by atoms with Crippen molar-refractivity contribution >= 4 is 11.5 Å². The monoisotopic (exact) mass is 278 g/mol. The van der Waals surface area contributed by atoms with Crippen LogP contribution < -0.4 is 4.74 Å². The lowest BCUT2D eigenvalue weighted by Crippen LogP contribution is -2.35. The smallest absolute Gasteiger partial charge is 0.280 e. The Hall–Kier alpha value is -1.95. The van der Waals surface area contributed by atoms with Gasteiger partial charge in [0.2, 0.25) is 0 Å². The van der Waals surface area contributed by atoms with Crippen LogP contribution in [0.5, 0.6) is 5.75 Å². The fraction of sp³-hybridized carbons (Fsp3) is 0.500. The van der Waals surface area contributed by atoms with Gasteiger partial charge in [-0.15, -0.1) is 0 Å². The average Bonchev–Trinajstić information content (AvgIpc) is 2.41. The predicted octanol–water partition coefficient (Wildman–Crippen LogP) is 2.27. The van der Waals surface area contributed by atoms with Crippen molar-refractivity contribution in [3.63, 3.8) is 0 Å². The first-order chi connectivity index (χ1) is 9.47. The van der Waals surface area contributed by atoms with Gasteiger partial charge in [-0.1, -0.05) is 0 Å². The summed E-state index contributed by atoms with van der Waals surface area (Å²) in [6.45, 7) is 3.26. The second-order valence-electron chi connectivity index (χ2n) is 5.11. The summed E-state index contributed by atoms with van der Waals surface area (Å²) in [4.78, 5) is 24.0. The van der Waals surface area contributed by atoms with Crippen LogP contribution in [0.1, 0.15) is 30.1 Å². The highest BCUT2D eigenvalue weighted by Crippen LogP contribution is 2.26. The molecule has 108 valence electrons. The number of rotatable bonds is 4. The van der Waals surface area contributed by atoms with Crippen molar-refractivity contribution in [2.45, 2.75) is 25.9 Å². The van der Waals surface area contributed by atoms with Gasteiger partial charge in [0.15, 0.2) is 5.78 Å². The highest BCUT2D eigenvalue weighted by molar-refractivity contribution is 5.98. The van der Waals surface area contributed by atoms with Crippen LogP contribution in [-0.4, -0.2) is 41.8 Å². The van der Waals surface area contributed by atoms with Gasteiger partial charge in [0.1, 0.15) is 11.9 Å². The fourth-order valence-corrected chi connectivity index (χ4v) is 2.32. The number of carbonyl (C=O) groups excluding carboxylic acids is 1. The molecule has 1 aromatic carbocycles. The number of carbonyl (C=O) groups is 1. The number of benzene rings is 1. The van der Waals surface area contributed by atoms with Gasteiger partial charge in [-0.2, -0.15) is 0 Å². The Morgan fingerprint density at radius 3 is 2.60 bits per heavy atom. The van der Waals surface area contributed by atoms with E-state index in [0.29, 0.717) is 5.75 Å². The Morgan fingerprint density at radius 2 is 2.05 bits per heavy atom. The summed E-state index contributed by atoms with van der Waals surface area (Å²) in [7, 11) is 2.07. The number of nitrogens with zero attached hydrogens (tertiary/aromatic N) is 2. The molecule has 20 heavy (non-hydrogen) atoms. The van der Waals surface area contributed by atoms with Gasteiger partial charge < -0.3 is 9.64 Å². The van der Waals surface area contributed by atoms with Gasteiger partial charge in [0, 0.05) is 19.2 Å². The van der Waals surface area contributed by atoms with E-state index in [9.17, 15) is 14.9 Å². The molecule has 6 heteroatoms. The van der Waals surface area contributed by atoms with E-state index in [1.54, 1.807) is 6.07 Å². The lowest BCUT2D eigenvalue weighted by Gasteiger charge is -2.29. The minimum absolute atomic E-state index is 0.0976. The Morgan fingerprint density at radius 1 is 1.40 bits per heavy atom. The molecule has 1 aliphatic heterocycles. The van der Waals surface area contributed by atoms with E-state index < -0.39 is 4.92 Å². The second kappa shape index (κ2) is 6.00. The van der Waals surface area contributed by atoms with Crippen molar-refractivity contribution in [2.24, 2.45) is 0 Å². The Bertz CT molecular complexity index is 522. The molecule has 0 unspecified atom stereocenters. The van der Waals surface area contributed by atoms with E-state index in [4.69, 9.17) is 4.74 Å². The van der Waals surface area contributed by atoms with Crippen LogP contribution in [0.15, 0.2) is 18.2 Å². The van der Waals surface area contributed by atoms with E-state index in [0.717, 1.165) is 25.9 Å². The zero-order valence-corrected chi connectivity index (χ0v) is 11.7. The first-order valence-electron chi connectivity index (χ1n) is 6.62. The molecule has 1 saturated heterocycles. The zero-order chi connectivity index (χ0) is 14.7. The summed E-state index contributed by atoms with van der Waals surface area (Å²) in [5, 5.41) is 10.9. The van der Waals surface area contributed by atoms with Gasteiger partial charge in [0.05, 0.1) is 10.5 Å². The molecule has 0 amide bonds. The van der Waals surface area contributed by atoms with Gasteiger partial charge in [0.25, 0.3) is 5.69 Å². The van der Waals surface area contributed by atoms with Crippen LogP contribution >= 0.6 is 0 Å². The van der Waals surface area contributed by atoms with Crippen LogP contribution in [0, 0.1) is 10.1 Å². The summed E-state index contributed by atoms with van der Waals surface area (Å²) in [6.07, 6.45) is 1.94. The maximum atomic E-state index is 11.5. The van der Waals surface area contributed by atoms with Gasteiger partial charge >= 0.3 is 0 Å². The number of hydrogen-bond acceptors (Lipinski definition) is 5. The van der Waals surface area contributed by atoms with E-state index in [1.807, 2.05) is 0 Å². The highest BCUT2D eigenvalue weighted by atomic mass is 16.6. The standard InChI is InChI=1S/C14H18N2O4/c1-10(17)13-9-12(3-4-14(13)16(18)19)20-11-5-7-15(2)8-6-11/h3-4,9,11H,5-8H2,1-2H3. The molecule has 1 heterocycles. The molecule has 0 N–H and O–H groups in total. The highest BCUT2D eigenvalue weighted by Gasteiger charge is 2.21. The van der Waals surface area contributed by atoms with Crippen molar-refractivity contribution in [3.05, 3.63) is 33.9 Å². The van der Waals surface area contributed by atoms with Gasteiger partial charge in [-0.25, -0.2) is 0 Å². The van der Waals surface area contributed by atoms with E-state index in [2.05, 4.69) is 11.9 Å². The first kappa shape index (κ1) is 14.5. The SMILES string of the molecule is CC(=O)c1cc(OC2CCN(C)CC2)ccc1[N+](=O)[O-]. The number of hydrogen-bond donors (Lipinski definition) is 0. The Labute approximate surface area is 117 Å². The maximum absolute atomic E-state index is 11.5. The molecule has 0 radical (unpaired) electrons. The molecule has 1 aromatic rings. The van der Waals surface area contributed by atoms with Crippen LogP contribution in [-0.2, 0) is 0 Å². The van der Waals surface area contributed by atoms with E-state index in [1.165, 1.54) is 19.1 Å². The molecule has 0 spiro atoms. The number of ether oxygens (including phenoxy) is 1. The summed E-state index contributed by atoms with van der Waals surface area (Å²) in [5.41, 5.74) is -0.0753. The number of nitro groups is 1. The van der Waals surface area contributed by atoms with E-state index in [-0.39, 0.29) is 23.1 Å². The molecule has 1 aliphatic rings. The molecule has 0 saturated carbocycles. The van der Waals surface area contributed by atoms with Crippen LogP contribution in [0.2, 0.25) is 0 Å². The maximum Gasteiger partial charge on any atom is 0.280 e. The zero-order valence-electron chi connectivity index (χ0n) is 11.7. The normalized spacial score (nSPS) is 16.9. The minimum Gasteiger partial charge on any atom is -0.490 e. The van der Waals surface area contributed by atoms with Crippen molar-refractivity contribution in [3.8, 4) is 5.75 Å². The minimum atomic E-state index is -0.546. The van der Waals surface area contributed by atoms with Crippen LogP contribution in [0.4, 0.5) is 5.69 Å². The van der Waals surface area contributed by atoms with Gasteiger partial charge in [-0.3, -0.25) is 14.9 Å². The number of nitro benzene ring substituents is 1. The topological polar surface area (TPSA) is 72.7 Å². The average molecular weight is 278 g/mol. The molecule has 0 bridgehead atoms. The predicted molar refractivity (Wildman–Crippen MR) is 74.2 cm³/mol. The van der Waals surface area contributed by atoms with Crippen LogP contribution in [0.25, 0.3) is 0 Å². The quantitative estimate of drug-likeness (QED) is 0.480. The molecule has 0 atom stereocenters. The lowest BCUT2D eigenvalue weighted by molar-refractivity contribution is -0.385. The van der Waals surface area contributed by atoms with Crippen molar-refractivity contribution in [1.29, 1.82) is 0 Å². The Kier molecular flexibility index (Phi) is 4.34. The van der Waals surface area contributed by atoms with Crippen molar-refractivity contribution < 1.29 is 14.5 Å². The largest absolute Gasteiger partial charge is 0.490 e. The van der Waals surface area contributed by atoms with Crippen molar-refractivity contribution in [2.75, 3.05) is 20.1 Å². The number of Topliss-reactive ketones (excluding diaryl/α,β-unsaturated/α-hetero) is 1. The van der Waals surface area contributed by atoms with Crippen LogP contribution in [0.3, 0.4) is 0 Å². The van der Waals surface area contributed by atoms with Crippen molar-refractivity contribution in [1.82, 2.24) is 4.90 Å². The summed E-state index contributed by atoms with van der Waals surface area (Å²) in [5.74, 6) is 0.195. The third-order valence-electron chi connectivity index (χ3n) is 3.51. The first-order valence-corrected chi connectivity index (χ1v) is 6.62.